The summed E-state index contributed by atoms with van der Waals surface area (Å²) in [5, 5.41) is 8.25. The second-order valence-electron chi connectivity index (χ2n) is 2.49. The van der Waals surface area contributed by atoms with Crippen molar-refractivity contribution in [2.45, 2.75) is 6.92 Å². The Balaban J connectivity index is 4.31. The van der Waals surface area contributed by atoms with E-state index in [9.17, 15) is 14.4 Å². The minimum absolute atomic E-state index is 0.209. The van der Waals surface area contributed by atoms with Gasteiger partial charge in [-0.15, -0.1) is 0 Å². The van der Waals surface area contributed by atoms with Gasteiger partial charge in [-0.3, -0.25) is 9.59 Å². The van der Waals surface area contributed by atoms with Gasteiger partial charge in [-0.05, 0) is 6.92 Å². The average Bonchev–Trinajstić information content (AvgIpc) is 2.09. The van der Waals surface area contributed by atoms with Crippen molar-refractivity contribution < 1.29 is 19.5 Å². The van der Waals surface area contributed by atoms with Crippen LogP contribution in [0.3, 0.4) is 0 Å². The number of carbonyl (C=O) groups is 3. The maximum absolute atomic E-state index is 11.2. The van der Waals surface area contributed by atoms with Crippen molar-refractivity contribution in [2.75, 3.05) is 13.1 Å². The van der Waals surface area contributed by atoms with E-state index in [1.807, 2.05) is 0 Å². The molecule has 0 aliphatic heterocycles. The summed E-state index contributed by atoms with van der Waals surface area (Å²) in [6.45, 7) is 1.75. The van der Waals surface area contributed by atoms with E-state index < -0.39 is 17.8 Å². The summed E-state index contributed by atoms with van der Waals surface area (Å²) in [7, 11) is 0. The number of carboxylic acids is 1. The van der Waals surface area contributed by atoms with Crippen LogP contribution in [0.15, 0.2) is 12.2 Å². The number of rotatable bonds is 5. The normalized spacial score (nSPS) is 10.1. The van der Waals surface area contributed by atoms with Crippen LogP contribution in [0, 0.1) is 0 Å². The number of amides is 2. The molecule has 0 saturated carbocycles. The van der Waals surface area contributed by atoms with Crippen LogP contribution in [0.2, 0.25) is 0 Å². The molecule has 3 N–H and O–H groups in total. The van der Waals surface area contributed by atoms with Crippen molar-refractivity contribution >= 4 is 17.8 Å². The van der Waals surface area contributed by atoms with Crippen LogP contribution in [0.5, 0.6) is 0 Å². The van der Waals surface area contributed by atoms with Crippen molar-refractivity contribution in [2.24, 2.45) is 5.73 Å². The summed E-state index contributed by atoms with van der Waals surface area (Å²) < 4.78 is 0. The molecular weight excluding hydrogens is 188 g/mol. The van der Waals surface area contributed by atoms with E-state index in [2.05, 4.69) is 0 Å². The predicted molar refractivity (Wildman–Crippen MR) is 48.2 cm³/mol. The maximum atomic E-state index is 11.2. The fourth-order valence-electron chi connectivity index (χ4n) is 0.782. The SMILES string of the molecule is CCN(CC(N)=O)C(=O)/C=C/C(=O)O. The summed E-state index contributed by atoms with van der Waals surface area (Å²) >= 11 is 0. The fraction of sp³-hybridized carbons (Fsp3) is 0.375. The Morgan fingerprint density at radius 3 is 2.29 bits per heavy atom. The highest BCUT2D eigenvalue weighted by molar-refractivity contribution is 5.95. The number of nitrogens with zero attached hydrogens (tertiary/aromatic N) is 1. The molecule has 0 aliphatic carbocycles. The third kappa shape index (κ3) is 4.91. The minimum Gasteiger partial charge on any atom is -0.478 e. The molecule has 0 rings (SSSR count). The fourth-order valence-corrected chi connectivity index (χ4v) is 0.782. The Labute approximate surface area is 81.0 Å². The first kappa shape index (κ1) is 12.2. The topological polar surface area (TPSA) is 101 Å². The third-order valence-electron chi connectivity index (χ3n) is 1.41. The van der Waals surface area contributed by atoms with Gasteiger partial charge in [0, 0.05) is 18.7 Å². The molecule has 6 nitrogen and oxygen atoms in total. The Kier molecular flexibility index (Phi) is 4.98. The lowest BCUT2D eigenvalue weighted by Gasteiger charge is -2.16. The molecule has 0 atom stereocenters. The van der Waals surface area contributed by atoms with Gasteiger partial charge in [-0.25, -0.2) is 4.79 Å². The Hall–Kier alpha value is -1.85. The first-order valence-corrected chi connectivity index (χ1v) is 3.95. The second-order valence-corrected chi connectivity index (χ2v) is 2.49. The molecule has 6 heteroatoms. The molecule has 78 valence electrons. The van der Waals surface area contributed by atoms with E-state index in [1.54, 1.807) is 6.92 Å². The zero-order valence-electron chi connectivity index (χ0n) is 7.77. The molecule has 0 fully saturated rings. The molecule has 0 bridgehead atoms. The monoisotopic (exact) mass is 200 g/mol. The number of aliphatic carboxylic acids is 1. The number of likely N-dealkylation sites (N-methyl/N-ethyl adjacent to an activating group) is 1. The van der Waals surface area contributed by atoms with Crippen molar-refractivity contribution in [1.82, 2.24) is 4.90 Å². The van der Waals surface area contributed by atoms with Crippen LogP contribution in [0.4, 0.5) is 0 Å². The van der Waals surface area contributed by atoms with Crippen LogP contribution in [0.25, 0.3) is 0 Å². The highest BCUT2D eigenvalue weighted by Gasteiger charge is 2.10. The van der Waals surface area contributed by atoms with Gasteiger partial charge in [-0.1, -0.05) is 0 Å². The highest BCUT2D eigenvalue weighted by Crippen LogP contribution is 1.90. The second kappa shape index (κ2) is 5.74. The van der Waals surface area contributed by atoms with Gasteiger partial charge >= 0.3 is 5.97 Å². The van der Waals surface area contributed by atoms with E-state index in [0.717, 1.165) is 11.0 Å². The quantitative estimate of drug-likeness (QED) is 0.553. The van der Waals surface area contributed by atoms with Gasteiger partial charge in [0.2, 0.25) is 11.8 Å². The van der Waals surface area contributed by atoms with Crippen molar-refractivity contribution in [3.05, 3.63) is 12.2 Å². The van der Waals surface area contributed by atoms with E-state index in [-0.39, 0.29) is 6.54 Å². The molecule has 0 unspecified atom stereocenters. The molecule has 0 saturated heterocycles. The van der Waals surface area contributed by atoms with E-state index in [4.69, 9.17) is 10.8 Å². The van der Waals surface area contributed by atoms with E-state index in [1.165, 1.54) is 0 Å². The van der Waals surface area contributed by atoms with Crippen LogP contribution < -0.4 is 5.73 Å². The number of hydrogen-bond donors (Lipinski definition) is 2. The van der Waals surface area contributed by atoms with Crippen LogP contribution in [0.1, 0.15) is 6.92 Å². The standard InChI is InChI=1S/C8H12N2O4/c1-2-10(5-6(9)11)7(12)3-4-8(13)14/h3-4H,2,5H2,1H3,(H2,9,11)(H,13,14)/b4-3+. The molecule has 0 aliphatic rings. The first-order valence-electron chi connectivity index (χ1n) is 3.95. The molecule has 0 heterocycles. The van der Waals surface area contributed by atoms with Crippen molar-refractivity contribution in [1.29, 1.82) is 0 Å². The molecule has 0 aromatic carbocycles. The molecule has 0 radical (unpaired) electrons. The first-order chi connectivity index (χ1) is 6.47. The van der Waals surface area contributed by atoms with Gasteiger partial charge in [0.05, 0.1) is 6.54 Å². The zero-order valence-corrected chi connectivity index (χ0v) is 7.77. The summed E-state index contributed by atoms with van der Waals surface area (Å²) in [6.07, 6.45) is 1.60. The third-order valence-corrected chi connectivity index (χ3v) is 1.41. The minimum atomic E-state index is -1.21. The highest BCUT2D eigenvalue weighted by atomic mass is 16.4. The summed E-state index contributed by atoms with van der Waals surface area (Å²) in [5.74, 6) is -2.40. The molecule has 0 spiro atoms. The molecule has 2 amide bonds. The molecule has 0 aromatic rings. The maximum Gasteiger partial charge on any atom is 0.328 e. The van der Waals surface area contributed by atoms with Crippen molar-refractivity contribution in [3.8, 4) is 0 Å². The summed E-state index contributed by atoms with van der Waals surface area (Å²) in [4.78, 5) is 32.9. The van der Waals surface area contributed by atoms with Gasteiger partial charge in [0.25, 0.3) is 0 Å². The number of carboxylic acid groups (broad SMARTS) is 1. The van der Waals surface area contributed by atoms with E-state index >= 15 is 0 Å². The number of carbonyl (C=O) groups excluding carboxylic acids is 2. The smallest absolute Gasteiger partial charge is 0.328 e. The lowest BCUT2D eigenvalue weighted by Crippen LogP contribution is -2.37. The summed E-state index contributed by atoms with van der Waals surface area (Å²) in [5.41, 5.74) is 4.89. The average molecular weight is 200 g/mol. The van der Waals surface area contributed by atoms with Crippen LogP contribution in [-0.2, 0) is 14.4 Å². The van der Waals surface area contributed by atoms with Crippen LogP contribution in [-0.4, -0.2) is 40.9 Å². The lowest BCUT2D eigenvalue weighted by molar-refractivity contribution is -0.133. The number of primary amides is 1. The molecular formula is C8H12N2O4. The number of nitrogens with two attached hydrogens (primary N) is 1. The van der Waals surface area contributed by atoms with Gasteiger partial charge in [0.1, 0.15) is 0 Å². The zero-order chi connectivity index (χ0) is 11.1. The number of hydrogen-bond acceptors (Lipinski definition) is 3. The lowest BCUT2D eigenvalue weighted by atomic mass is 10.4. The van der Waals surface area contributed by atoms with Gasteiger partial charge in [0.15, 0.2) is 0 Å². The largest absolute Gasteiger partial charge is 0.478 e. The van der Waals surface area contributed by atoms with E-state index in [0.29, 0.717) is 12.6 Å². The van der Waals surface area contributed by atoms with Crippen LogP contribution >= 0.6 is 0 Å². The Morgan fingerprint density at radius 1 is 1.36 bits per heavy atom. The summed E-state index contributed by atoms with van der Waals surface area (Å²) in [6, 6.07) is 0. The Morgan fingerprint density at radius 2 is 1.93 bits per heavy atom. The predicted octanol–water partition coefficient (Wildman–Crippen LogP) is -1.04. The molecule has 0 aromatic heterocycles. The Bertz CT molecular complexity index is 273. The van der Waals surface area contributed by atoms with Gasteiger partial charge < -0.3 is 15.7 Å². The van der Waals surface area contributed by atoms with Crippen molar-refractivity contribution in [3.63, 3.8) is 0 Å². The molecule has 14 heavy (non-hydrogen) atoms. The van der Waals surface area contributed by atoms with Gasteiger partial charge in [-0.2, -0.15) is 0 Å².